The van der Waals surface area contributed by atoms with Gasteiger partial charge in [0.1, 0.15) is 29.7 Å². The van der Waals surface area contributed by atoms with Gasteiger partial charge in [-0.15, -0.1) is 6.08 Å². The molecule has 0 radical (unpaired) electrons. The number of carbonyl (C=O) groups is 1. The molecule has 1 aromatic carbocycles. The Morgan fingerprint density at radius 3 is 2.56 bits per heavy atom. The smallest absolute Gasteiger partial charge is 0.457 e. The predicted molar refractivity (Wildman–Crippen MR) is 147 cm³/mol. The first kappa shape index (κ1) is 30.3. The number of fused-ring (bicyclic) bond motifs is 2. The number of allylic oxidation sites excluding steroid dienone is 1. The van der Waals surface area contributed by atoms with Crippen molar-refractivity contribution in [3.8, 4) is 11.5 Å². The molecule has 0 atom stereocenters. The molecule has 4 aromatic heterocycles. The van der Waals surface area contributed by atoms with Crippen molar-refractivity contribution < 1.29 is 60.9 Å². The number of benzene rings is 1. The molecule has 0 unspecified atom stereocenters. The van der Waals surface area contributed by atoms with Crippen molar-refractivity contribution in [1.82, 2.24) is 34.1 Å². The molecule has 0 bridgehead atoms. The van der Waals surface area contributed by atoms with Gasteiger partial charge < -0.3 is 29.8 Å². The number of ether oxygens (including phenoxy) is 1. The Balaban J connectivity index is 0.00000140. The average Bonchev–Trinajstić information content (AvgIpc) is 3.48. The Labute approximate surface area is 270 Å². The van der Waals surface area contributed by atoms with Gasteiger partial charge in [-0.05, 0) is 48.4 Å². The summed E-state index contributed by atoms with van der Waals surface area (Å²) in [7, 11) is 0. The second-order valence-corrected chi connectivity index (χ2v) is 8.65. The third kappa shape index (κ3) is 6.02. The van der Waals surface area contributed by atoms with Crippen LogP contribution in [-0.2, 0) is 4.79 Å². The molecule has 1 aliphatic rings. The SMILES string of the molecule is [CH2-]/C=C/C(=O)N1CC(c2ccn3ncnc(Nc4ccc(Oc5ccn6ncnc6c5)c(C)c4)c23)C1.[CH3-].[CH3-].[K+]. The van der Waals surface area contributed by atoms with Crippen LogP contribution in [-0.4, -0.2) is 53.1 Å². The number of hydrogen-bond donors (Lipinski definition) is 1. The molecule has 1 saturated heterocycles. The van der Waals surface area contributed by atoms with Gasteiger partial charge in [0.2, 0.25) is 0 Å². The molecule has 1 amide bonds. The second kappa shape index (κ2) is 12.8. The molecule has 1 N–H and O–H groups in total. The van der Waals surface area contributed by atoms with Crippen molar-refractivity contribution in [2.75, 3.05) is 18.4 Å². The van der Waals surface area contributed by atoms with Crippen LogP contribution in [0.4, 0.5) is 11.5 Å². The number of likely N-dealkylation sites (tertiary alicyclic amines) is 1. The monoisotopic (exact) mass is 548 g/mol. The normalized spacial score (nSPS) is 12.9. The predicted octanol–water partition coefficient (Wildman–Crippen LogP) is 1.84. The minimum absolute atomic E-state index is 0. The zero-order valence-electron chi connectivity index (χ0n) is 22.6. The Bertz CT molecular complexity index is 1620. The maximum atomic E-state index is 12.1. The van der Waals surface area contributed by atoms with Gasteiger partial charge in [0.25, 0.3) is 0 Å². The summed E-state index contributed by atoms with van der Waals surface area (Å²) in [5.41, 5.74) is 4.58. The molecule has 196 valence electrons. The van der Waals surface area contributed by atoms with Crippen LogP contribution in [0.1, 0.15) is 17.0 Å². The van der Waals surface area contributed by atoms with Gasteiger partial charge >= 0.3 is 51.4 Å². The third-order valence-corrected chi connectivity index (χ3v) is 6.30. The van der Waals surface area contributed by atoms with E-state index in [-0.39, 0.29) is 78.1 Å². The fourth-order valence-corrected chi connectivity index (χ4v) is 4.43. The van der Waals surface area contributed by atoms with E-state index in [0.717, 1.165) is 33.7 Å². The van der Waals surface area contributed by atoms with Crippen LogP contribution in [0.25, 0.3) is 11.2 Å². The summed E-state index contributed by atoms with van der Waals surface area (Å²) in [5, 5.41) is 11.9. The third-order valence-electron chi connectivity index (χ3n) is 6.30. The van der Waals surface area contributed by atoms with E-state index < -0.39 is 0 Å². The molecule has 10 nitrogen and oxygen atoms in total. The number of nitrogens with zero attached hydrogens (tertiary/aromatic N) is 7. The minimum atomic E-state index is -0.0153. The number of hydrogen-bond acceptors (Lipinski definition) is 7. The van der Waals surface area contributed by atoms with Crippen molar-refractivity contribution in [2.24, 2.45) is 0 Å². The number of nitrogens with one attached hydrogen (secondary N) is 1. The standard InChI is InChI=1S/C26H23N8O2.2CH3.K/c1-3-4-24(35)32-13-18(14-32)21-8-10-34-25(21)26(28-16-30-34)31-19-5-6-22(17(2)11-19)36-20-7-9-33-23(12-20)27-15-29-33;;;/h3-12,15-16,18H,1,13-14H2,2H3,(H,28,30,31);2*1H3;/q3*-1;+1/b4-3+;;;. The molecule has 11 heteroatoms. The average molecular weight is 549 g/mol. The molecule has 0 aliphatic carbocycles. The fourth-order valence-electron chi connectivity index (χ4n) is 4.43. The Hall–Kier alpha value is -3.22. The molecule has 1 fully saturated rings. The number of amides is 1. The topological polar surface area (TPSA) is 102 Å². The van der Waals surface area contributed by atoms with Crippen LogP contribution in [0, 0.1) is 28.7 Å². The van der Waals surface area contributed by atoms with Crippen molar-refractivity contribution in [3.05, 3.63) is 107 Å². The fraction of sp³-hybridized carbons (Fsp3) is 0.143. The first-order valence-electron chi connectivity index (χ1n) is 11.5. The van der Waals surface area contributed by atoms with E-state index >= 15 is 0 Å². The van der Waals surface area contributed by atoms with Crippen LogP contribution in [0.5, 0.6) is 11.5 Å². The number of rotatable bonds is 6. The summed E-state index contributed by atoms with van der Waals surface area (Å²) in [6.07, 6.45) is 9.78. The molecule has 5 aromatic rings. The van der Waals surface area contributed by atoms with E-state index in [2.05, 4.69) is 32.4 Å². The Morgan fingerprint density at radius 1 is 1.05 bits per heavy atom. The first-order valence-corrected chi connectivity index (χ1v) is 11.5. The first-order chi connectivity index (χ1) is 17.6. The van der Waals surface area contributed by atoms with Gasteiger partial charge in [-0.25, -0.2) is 32.0 Å². The van der Waals surface area contributed by atoms with E-state index in [1.165, 1.54) is 24.8 Å². The maximum Gasteiger partial charge on any atom is 1.00 e. The van der Waals surface area contributed by atoms with Crippen LogP contribution in [0.3, 0.4) is 0 Å². The molecule has 0 spiro atoms. The minimum Gasteiger partial charge on any atom is -0.457 e. The van der Waals surface area contributed by atoms with Gasteiger partial charge in [0, 0.05) is 43.2 Å². The van der Waals surface area contributed by atoms with Crippen LogP contribution in [0.15, 0.2) is 73.6 Å². The molecular formula is C28H29KN8O2-2. The van der Waals surface area contributed by atoms with Gasteiger partial charge in [-0.3, -0.25) is 4.79 Å². The van der Waals surface area contributed by atoms with Gasteiger partial charge in [-0.2, -0.15) is 10.2 Å². The van der Waals surface area contributed by atoms with Crippen molar-refractivity contribution in [3.63, 3.8) is 0 Å². The summed E-state index contributed by atoms with van der Waals surface area (Å²) in [5.74, 6) is 2.35. The van der Waals surface area contributed by atoms with E-state index in [4.69, 9.17) is 4.74 Å². The van der Waals surface area contributed by atoms with E-state index in [1.807, 2.05) is 60.2 Å². The van der Waals surface area contributed by atoms with Gasteiger partial charge in [0.15, 0.2) is 17.4 Å². The molecule has 39 heavy (non-hydrogen) atoms. The molecule has 1 aliphatic heterocycles. The number of pyridine rings is 1. The Morgan fingerprint density at radius 2 is 1.79 bits per heavy atom. The number of aryl methyl sites for hydroxylation is 1. The van der Waals surface area contributed by atoms with E-state index in [1.54, 1.807) is 9.42 Å². The zero-order chi connectivity index (χ0) is 24.6. The maximum absolute atomic E-state index is 12.1. The molecule has 5 heterocycles. The second-order valence-electron chi connectivity index (χ2n) is 8.65. The Kier molecular flexibility index (Phi) is 9.91. The van der Waals surface area contributed by atoms with Crippen LogP contribution in [0.2, 0.25) is 0 Å². The largest absolute Gasteiger partial charge is 1.00 e. The molecule has 0 saturated carbocycles. The van der Waals surface area contributed by atoms with Crippen LogP contribution >= 0.6 is 0 Å². The molecular weight excluding hydrogens is 519 g/mol. The van der Waals surface area contributed by atoms with Crippen molar-refractivity contribution in [1.29, 1.82) is 0 Å². The van der Waals surface area contributed by atoms with E-state index in [0.29, 0.717) is 24.7 Å². The van der Waals surface area contributed by atoms with Crippen LogP contribution < -0.4 is 61.4 Å². The summed E-state index contributed by atoms with van der Waals surface area (Å²) >= 11 is 0. The van der Waals surface area contributed by atoms with Crippen molar-refractivity contribution >= 4 is 28.6 Å². The van der Waals surface area contributed by atoms with E-state index in [9.17, 15) is 4.79 Å². The number of carbonyl (C=O) groups excluding carboxylic acids is 1. The summed E-state index contributed by atoms with van der Waals surface area (Å²) < 4.78 is 9.59. The number of anilines is 2. The van der Waals surface area contributed by atoms with Gasteiger partial charge in [-0.1, -0.05) is 0 Å². The summed E-state index contributed by atoms with van der Waals surface area (Å²) in [4.78, 5) is 22.6. The van der Waals surface area contributed by atoms with Crippen molar-refractivity contribution in [2.45, 2.75) is 12.8 Å². The quantitative estimate of drug-likeness (QED) is 0.196. The number of aromatic nitrogens is 6. The zero-order valence-corrected chi connectivity index (χ0v) is 25.7. The summed E-state index contributed by atoms with van der Waals surface area (Å²) in [6, 6.07) is 11.6. The van der Waals surface area contributed by atoms with Gasteiger partial charge in [0.05, 0.1) is 0 Å². The molecule has 6 rings (SSSR count). The summed E-state index contributed by atoms with van der Waals surface area (Å²) in [6.45, 7) is 6.91.